The molecule has 1 aliphatic rings. The van der Waals surface area contributed by atoms with E-state index in [1.54, 1.807) is 0 Å². The van der Waals surface area contributed by atoms with Gasteiger partial charge in [0.05, 0.1) is 5.71 Å². The minimum absolute atomic E-state index is 0.965. The molecule has 0 unspecified atom stereocenters. The lowest BCUT2D eigenvalue weighted by Crippen LogP contribution is -2.14. The zero-order valence-corrected chi connectivity index (χ0v) is 8.60. The molecule has 2 rings (SSSR count). The molecule has 68 valence electrons. The van der Waals surface area contributed by atoms with Gasteiger partial charge in [0.1, 0.15) is 0 Å². The van der Waals surface area contributed by atoms with Crippen LogP contribution in [0.1, 0.15) is 11.1 Å². The van der Waals surface area contributed by atoms with Crippen LogP contribution in [0.4, 0.5) is 0 Å². The smallest absolute Gasteiger partial charge is 0.0522 e. The predicted octanol–water partition coefficient (Wildman–Crippen LogP) is 2.39. The first kappa shape index (κ1) is 8.82. The molecule has 0 saturated carbocycles. The van der Waals surface area contributed by atoms with Gasteiger partial charge in [0.15, 0.2) is 0 Å². The van der Waals surface area contributed by atoms with Crippen LogP contribution in [0, 0.1) is 0 Å². The second-order valence-corrected chi connectivity index (χ2v) is 4.03. The van der Waals surface area contributed by atoms with Crippen LogP contribution in [0.15, 0.2) is 29.3 Å². The molecule has 1 nitrogen and oxygen atoms in total. The third-order valence-corrected chi connectivity index (χ3v) is 2.86. The van der Waals surface area contributed by atoms with E-state index in [4.69, 9.17) is 0 Å². The Labute approximate surface area is 83.3 Å². The van der Waals surface area contributed by atoms with Crippen molar-refractivity contribution in [2.45, 2.75) is 6.42 Å². The summed E-state index contributed by atoms with van der Waals surface area (Å²) < 4.78 is 0. The summed E-state index contributed by atoms with van der Waals surface area (Å²) in [5.74, 6) is 1.04. The van der Waals surface area contributed by atoms with Crippen LogP contribution >= 0.6 is 11.8 Å². The van der Waals surface area contributed by atoms with Crippen LogP contribution in [0.3, 0.4) is 0 Å². The molecule has 0 fully saturated rings. The van der Waals surface area contributed by atoms with Crippen molar-refractivity contribution in [2.75, 3.05) is 18.6 Å². The number of thioether (sulfide) groups is 1. The minimum Gasteiger partial charge on any atom is -0.288 e. The fourth-order valence-corrected chi connectivity index (χ4v) is 2.20. The Morgan fingerprint density at radius 2 is 2.23 bits per heavy atom. The number of rotatable bonds is 2. The van der Waals surface area contributed by atoms with Crippen LogP contribution in [0.25, 0.3) is 0 Å². The van der Waals surface area contributed by atoms with Gasteiger partial charge in [0.25, 0.3) is 0 Å². The van der Waals surface area contributed by atoms with Crippen LogP contribution in [-0.2, 0) is 6.42 Å². The van der Waals surface area contributed by atoms with Gasteiger partial charge >= 0.3 is 0 Å². The molecule has 0 atom stereocenters. The van der Waals surface area contributed by atoms with Crippen LogP contribution in [0.2, 0.25) is 0 Å². The molecule has 0 bridgehead atoms. The van der Waals surface area contributed by atoms with E-state index in [2.05, 4.69) is 35.5 Å². The second kappa shape index (κ2) is 3.97. The summed E-state index contributed by atoms with van der Waals surface area (Å²) in [5.41, 5.74) is 4.10. The lowest BCUT2D eigenvalue weighted by Gasteiger charge is -2.15. The fraction of sp³-hybridized carbons (Fsp3) is 0.364. The molecule has 1 aromatic rings. The maximum absolute atomic E-state index is 4.56. The van der Waals surface area contributed by atoms with E-state index >= 15 is 0 Å². The number of aliphatic imine (C=N–C) groups is 1. The summed E-state index contributed by atoms with van der Waals surface area (Å²) in [6, 6.07) is 8.61. The molecular formula is C11H13NS. The molecule has 0 aromatic heterocycles. The molecular weight excluding hydrogens is 178 g/mol. The van der Waals surface area contributed by atoms with E-state index in [1.807, 2.05) is 11.8 Å². The topological polar surface area (TPSA) is 12.4 Å². The SMILES string of the molecule is CSCC1=NCCc2ccccc21. The van der Waals surface area contributed by atoms with E-state index in [1.165, 1.54) is 16.8 Å². The highest BCUT2D eigenvalue weighted by molar-refractivity contribution is 7.99. The summed E-state index contributed by atoms with van der Waals surface area (Å²) in [6.07, 6.45) is 3.23. The second-order valence-electron chi connectivity index (χ2n) is 3.17. The monoisotopic (exact) mass is 191 g/mol. The Morgan fingerprint density at radius 1 is 1.38 bits per heavy atom. The minimum atomic E-state index is 0.965. The lowest BCUT2D eigenvalue weighted by molar-refractivity contribution is 0.942. The Balaban J connectivity index is 2.36. The van der Waals surface area contributed by atoms with E-state index in [0.29, 0.717) is 0 Å². The van der Waals surface area contributed by atoms with Gasteiger partial charge in [-0.3, -0.25) is 4.99 Å². The summed E-state index contributed by atoms with van der Waals surface area (Å²) in [4.78, 5) is 4.56. The van der Waals surface area contributed by atoms with E-state index in [-0.39, 0.29) is 0 Å². The largest absolute Gasteiger partial charge is 0.288 e. The molecule has 0 saturated heterocycles. The van der Waals surface area contributed by atoms with Crippen molar-refractivity contribution in [3.8, 4) is 0 Å². The summed E-state index contributed by atoms with van der Waals surface area (Å²) >= 11 is 1.84. The van der Waals surface area contributed by atoms with E-state index in [0.717, 1.165) is 18.7 Å². The highest BCUT2D eigenvalue weighted by atomic mass is 32.2. The third-order valence-electron chi connectivity index (χ3n) is 2.29. The normalized spacial score (nSPS) is 15.0. The number of fused-ring (bicyclic) bond motifs is 1. The molecule has 13 heavy (non-hydrogen) atoms. The molecule has 0 amide bonds. The van der Waals surface area contributed by atoms with Crippen molar-refractivity contribution in [3.63, 3.8) is 0 Å². The van der Waals surface area contributed by atoms with Gasteiger partial charge in [-0.1, -0.05) is 24.3 Å². The van der Waals surface area contributed by atoms with E-state index < -0.39 is 0 Å². The lowest BCUT2D eigenvalue weighted by atomic mass is 9.99. The summed E-state index contributed by atoms with van der Waals surface area (Å²) in [6.45, 7) is 0.965. The Hall–Kier alpha value is -0.760. The molecule has 0 aliphatic carbocycles. The molecule has 0 radical (unpaired) electrons. The molecule has 1 aromatic carbocycles. The Bertz CT molecular complexity index is 331. The zero-order valence-electron chi connectivity index (χ0n) is 7.79. The third kappa shape index (κ3) is 1.78. The number of hydrogen-bond donors (Lipinski definition) is 0. The van der Waals surface area contributed by atoms with Crippen molar-refractivity contribution in [3.05, 3.63) is 35.4 Å². The van der Waals surface area contributed by atoms with Crippen LogP contribution < -0.4 is 0 Å². The highest BCUT2D eigenvalue weighted by Gasteiger charge is 2.11. The average molecular weight is 191 g/mol. The van der Waals surface area contributed by atoms with Crippen LogP contribution in [-0.4, -0.2) is 24.3 Å². The molecule has 2 heteroatoms. The summed E-state index contributed by atoms with van der Waals surface area (Å²) in [5, 5.41) is 0. The number of nitrogens with zero attached hydrogens (tertiary/aromatic N) is 1. The van der Waals surface area contributed by atoms with Gasteiger partial charge < -0.3 is 0 Å². The van der Waals surface area contributed by atoms with Crippen molar-refractivity contribution >= 4 is 17.5 Å². The van der Waals surface area contributed by atoms with Gasteiger partial charge in [0.2, 0.25) is 0 Å². The van der Waals surface area contributed by atoms with Crippen molar-refractivity contribution < 1.29 is 0 Å². The first-order valence-electron chi connectivity index (χ1n) is 4.52. The van der Waals surface area contributed by atoms with Gasteiger partial charge in [0, 0.05) is 12.3 Å². The number of benzene rings is 1. The molecule has 1 heterocycles. The fourth-order valence-electron chi connectivity index (χ4n) is 1.68. The Kier molecular flexibility index (Phi) is 2.69. The van der Waals surface area contributed by atoms with Crippen LogP contribution in [0.5, 0.6) is 0 Å². The van der Waals surface area contributed by atoms with Gasteiger partial charge in [-0.05, 0) is 23.8 Å². The van der Waals surface area contributed by atoms with Gasteiger partial charge in [-0.15, -0.1) is 0 Å². The van der Waals surface area contributed by atoms with Crippen molar-refractivity contribution in [1.82, 2.24) is 0 Å². The van der Waals surface area contributed by atoms with E-state index in [9.17, 15) is 0 Å². The molecule has 0 N–H and O–H groups in total. The maximum atomic E-state index is 4.56. The quantitative estimate of drug-likeness (QED) is 0.699. The Morgan fingerprint density at radius 3 is 3.08 bits per heavy atom. The average Bonchev–Trinajstić information content (AvgIpc) is 2.19. The summed E-state index contributed by atoms with van der Waals surface area (Å²) in [7, 11) is 0. The maximum Gasteiger partial charge on any atom is 0.0522 e. The first-order valence-corrected chi connectivity index (χ1v) is 5.92. The van der Waals surface area contributed by atoms with Gasteiger partial charge in [-0.2, -0.15) is 11.8 Å². The molecule has 1 aliphatic heterocycles. The zero-order chi connectivity index (χ0) is 9.10. The first-order chi connectivity index (χ1) is 6.42. The van der Waals surface area contributed by atoms with Crippen molar-refractivity contribution in [1.29, 1.82) is 0 Å². The van der Waals surface area contributed by atoms with Crippen molar-refractivity contribution in [2.24, 2.45) is 4.99 Å². The predicted molar refractivity (Wildman–Crippen MR) is 59.9 cm³/mol. The van der Waals surface area contributed by atoms with Gasteiger partial charge in [-0.25, -0.2) is 0 Å². The standard InChI is InChI=1S/C11H13NS/c1-13-8-11-10-5-3-2-4-9(10)6-7-12-11/h2-5H,6-8H2,1H3. The number of hydrogen-bond acceptors (Lipinski definition) is 2. The highest BCUT2D eigenvalue weighted by Crippen LogP contribution is 2.17. The molecule has 0 spiro atoms.